The monoisotopic (exact) mass is 727 g/mol. The molecule has 3 rings (SSSR count). The van der Waals surface area contributed by atoms with Gasteiger partial charge in [-0.25, -0.2) is 4.98 Å². The molecular weight excluding hydrogens is 714 g/mol. The number of halogens is 4. The van der Waals surface area contributed by atoms with Crippen LogP contribution in [-0.2, 0) is 11.2 Å². The Labute approximate surface area is 235 Å². The van der Waals surface area contributed by atoms with E-state index in [0.717, 1.165) is 23.5 Å². The van der Waals surface area contributed by atoms with Crippen molar-refractivity contribution in [2.24, 2.45) is 0 Å². The summed E-state index contributed by atoms with van der Waals surface area (Å²) in [5, 5.41) is 13.1. The zero-order chi connectivity index (χ0) is 25.0. The largest absolute Gasteiger partial charge is 0.323 e. The SMILES string of the molecule is Cc1nc(SCC(=O)Nc2c(Br)cc(Br)cc2Br)c(C#N)c(C)c1CC(=O)c1ccc(Br)cc1. The highest BCUT2D eigenvalue weighted by atomic mass is 79.9. The average molecular weight is 731 g/mol. The molecule has 10 heteroatoms. The maximum absolute atomic E-state index is 12.8. The van der Waals surface area contributed by atoms with E-state index >= 15 is 0 Å². The number of benzene rings is 2. The van der Waals surface area contributed by atoms with Crippen LogP contribution in [0.1, 0.15) is 32.7 Å². The van der Waals surface area contributed by atoms with Gasteiger partial charge in [0.25, 0.3) is 0 Å². The Morgan fingerprint density at radius 3 is 2.24 bits per heavy atom. The number of nitrogens with zero attached hydrogens (tertiary/aromatic N) is 2. The number of anilines is 1. The van der Waals surface area contributed by atoms with Crippen LogP contribution in [0.4, 0.5) is 5.69 Å². The number of nitriles is 1. The summed E-state index contributed by atoms with van der Waals surface area (Å²) < 4.78 is 3.23. The van der Waals surface area contributed by atoms with Crippen LogP contribution < -0.4 is 5.32 Å². The molecule has 174 valence electrons. The van der Waals surface area contributed by atoms with Gasteiger partial charge in [0.1, 0.15) is 11.1 Å². The van der Waals surface area contributed by atoms with Crippen LogP contribution in [-0.4, -0.2) is 22.4 Å². The van der Waals surface area contributed by atoms with Crippen LogP contribution in [0, 0.1) is 25.2 Å². The number of thioether (sulfide) groups is 1. The fourth-order valence-electron chi connectivity index (χ4n) is 3.22. The van der Waals surface area contributed by atoms with Gasteiger partial charge in [0.2, 0.25) is 5.91 Å². The van der Waals surface area contributed by atoms with Crippen molar-refractivity contribution < 1.29 is 9.59 Å². The maximum atomic E-state index is 12.8. The van der Waals surface area contributed by atoms with E-state index in [1.807, 2.05) is 38.1 Å². The molecule has 2 aromatic carbocycles. The Kier molecular flexibility index (Phi) is 9.52. The van der Waals surface area contributed by atoms with Gasteiger partial charge in [-0.3, -0.25) is 9.59 Å². The minimum atomic E-state index is -0.232. The number of aryl methyl sites for hydroxylation is 1. The minimum absolute atomic E-state index is 0.0465. The van der Waals surface area contributed by atoms with E-state index in [0.29, 0.717) is 33.1 Å². The van der Waals surface area contributed by atoms with Crippen molar-refractivity contribution in [1.82, 2.24) is 4.98 Å². The van der Waals surface area contributed by atoms with Gasteiger partial charge in [0.05, 0.1) is 17.0 Å². The molecule has 0 radical (unpaired) electrons. The van der Waals surface area contributed by atoms with Gasteiger partial charge < -0.3 is 5.32 Å². The number of hydrogen-bond acceptors (Lipinski definition) is 5. The first-order chi connectivity index (χ1) is 16.1. The van der Waals surface area contributed by atoms with E-state index in [4.69, 9.17) is 0 Å². The van der Waals surface area contributed by atoms with Crippen molar-refractivity contribution in [1.29, 1.82) is 5.26 Å². The number of amides is 1. The molecule has 1 aromatic heterocycles. The van der Waals surface area contributed by atoms with Crippen LogP contribution in [0.3, 0.4) is 0 Å². The van der Waals surface area contributed by atoms with Crippen LogP contribution in [0.2, 0.25) is 0 Å². The molecule has 1 N–H and O–H groups in total. The Balaban J connectivity index is 1.77. The van der Waals surface area contributed by atoms with Gasteiger partial charge in [-0.15, -0.1) is 0 Å². The second kappa shape index (κ2) is 12.0. The third kappa shape index (κ3) is 6.58. The Hall–Kier alpha value is -1.51. The maximum Gasteiger partial charge on any atom is 0.234 e. The van der Waals surface area contributed by atoms with Crippen molar-refractivity contribution in [3.63, 3.8) is 0 Å². The smallest absolute Gasteiger partial charge is 0.234 e. The number of hydrogen-bond donors (Lipinski definition) is 1. The predicted octanol–water partition coefficient (Wildman–Crippen LogP) is 7.78. The summed E-state index contributed by atoms with van der Waals surface area (Å²) in [5.41, 5.74) is 3.72. The minimum Gasteiger partial charge on any atom is -0.323 e. The van der Waals surface area contributed by atoms with Crippen LogP contribution in [0.5, 0.6) is 0 Å². The summed E-state index contributed by atoms with van der Waals surface area (Å²) in [6, 6.07) is 13.0. The lowest BCUT2D eigenvalue weighted by atomic mass is 9.96. The van der Waals surface area contributed by atoms with Crippen LogP contribution >= 0.6 is 75.5 Å². The molecule has 34 heavy (non-hydrogen) atoms. The van der Waals surface area contributed by atoms with Crippen molar-refractivity contribution in [2.45, 2.75) is 25.3 Å². The third-order valence-corrected chi connectivity index (χ3v) is 8.19. The van der Waals surface area contributed by atoms with Crippen LogP contribution in [0.25, 0.3) is 0 Å². The second-order valence-corrected chi connectivity index (χ2v) is 11.8. The number of carbonyl (C=O) groups excluding carboxylic acids is 2. The van der Waals surface area contributed by atoms with Crippen LogP contribution in [0.15, 0.2) is 59.3 Å². The van der Waals surface area contributed by atoms with Gasteiger partial charge >= 0.3 is 0 Å². The molecule has 1 amide bonds. The van der Waals surface area contributed by atoms with E-state index in [1.165, 1.54) is 11.8 Å². The number of aromatic nitrogens is 1. The number of rotatable bonds is 7. The summed E-state index contributed by atoms with van der Waals surface area (Å²) >= 11 is 14.9. The predicted molar refractivity (Wildman–Crippen MR) is 149 cm³/mol. The molecule has 3 aromatic rings. The van der Waals surface area contributed by atoms with Crippen molar-refractivity contribution in [3.8, 4) is 6.07 Å². The average Bonchev–Trinajstić information content (AvgIpc) is 2.77. The summed E-state index contributed by atoms with van der Waals surface area (Å²) in [4.78, 5) is 29.9. The fraction of sp³-hybridized carbons (Fsp3) is 0.167. The molecule has 0 aliphatic heterocycles. The van der Waals surface area contributed by atoms with Gasteiger partial charge in [-0.1, -0.05) is 55.8 Å². The van der Waals surface area contributed by atoms with E-state index in [-0.39, 0.29) is 23.9 Å². The van der Waals surface area contributed by atoms with Gasteiger partial charge in [0, 0.05) is 35.6 Å². The normalized spacial score (nSPS) is 10.6. The van der Waals surface area contributed by atoms with Crippen molar-refractivity contribution >= 4 is 92.9 Å². The molecule has 0 saturated carbocycles. The first kappa shape index (κ1) is 27.1. The highest BCUT2D eigenvalue weighted by Crippen LogP contribution is 2.35. The summed E-state index contributed by atoms with van der Waals surface area (Å²) in [7, 11) is 0. The summed E-state index contributed by atoms with van der Waals surface area (Å²) in [6.45, 7) is 3.64. The molecule has 0 fully saturated rings. The molecule has 0 aliphatic rings. The molecular formula is C24H17Br4N3O2S. The quantitative estimate of drug-likeness (QED) is 0.199. The number of ketones is 1. The number of nitrogens with one attached hydrogen (secondary N) is 1. The number of pyridine rings is 1. The Bertz CT molecular complexity index is 1300. The Morgan fingerprint density at radius 1 is 1.03 bits per heavy atom. The topological polar surface area (TPSA) is 82.8 Å². The zero-order valence-electron chi connectivity index (χ0n) is 18.0. The van der Waals surface area contributed by atoms with Gasteiger partial charge in [-0.05, 0) is 81.1 Å². The third-order valence-electron chi connectivity index (χ3n) is 4.97. The molecule has 5 nitrogen and oxygen atoms in total. The van der Waals surface area contributed by atoms with Crippen molar-refractivity contribution in [2.75, 3.05) is 11.1 Å². The van der Waals surface area contributed by atoms with E-state index in [2.05, 4.69) is 80.1 Å². The second-order valence-electron chi connectivity index (χ2n) is 7.28. The zero-order valence-corrected chi connectivity index (χ0v) is 25.2. The molecule has 0 atom stereocenters. The Morgan fingerprint density at radius 2 is 1.65 bits per heavy atom. The lowest BCUT2D eigenvalue weighted by Gasteiger charge is -2.14. The molecule has 1 heterocycles. The summed E-state index contributed by atoms with van der Waals surface area (Å²) in [6.07, 6.45) is 0.151. The molecule has 0 spiro atoms. The summed E-state index contributed by atoms with van der Waals surface area (Å²) in [5.74, 6) is -0.203. The standard InChI is InChI=1S/C24H17Br4N3O2S/c1-12-17(9-21(32)14-3-5-15(25)6-4-14)13(2)30-24(18(12)10-29)34-11-22(33)31-23-19(27)7-16(26)8-20(23)28/h3-8H,9,11H2,1-2H3,(H,31,33). The first-order valence-corrected chi connectivity index (χ1v) is 14.0. The molecule has 0 unspecified atom stereocenters. The molecule has 0 saturated heterocycles. The first-order valence-electron chi connectivity index (χ1n) is 9.86. The lowest BCUT2D eigenvalue weighted by molar-refractivity contribution is -0.113. The van der Waals surface area contributed by atoms with E-state index in [9.17, 15) is 14.9 Å². The molecule has 0 bridgehead atoms. The number of carbonyl (C=O) groups is 2. The highest BCUT2D eigenvalue weighted by Gasteiger charge is 2.19. The van der Waals surface area contributed by atoms with E-state index in [1.54, 1.807) is 12.1 Å². The number of Topliss-reactive ketones (excluding diaryl/α,β-unsaturated/α-hetero) is 1. The van der Waals surface area contributed by atoms with Gasteiger partial charge in [-0.2, -0.15) is 5.26 Å². The van der Waals surface area contributed by atoms with Crippen molar-refractivity contribution in [3.05, 3.63) is 82.2 Å². The van der Waals surface area contributed by atoms with Gasteiger partial charge in [0.15, 0.2) is 5.78 Å². The fourth-order valence-corrected chi connectivity index (χ4v) is 6.83. The molecule has 0 aliphatic carbocycles. The van der Waals surface area contributed by atoms with E-state index < -0.39 is 0 Å². The lowest BCUT2D eigenvalue weighted by Crippen LogP contribution is -2.15. The highest BCUT2D eigenvalue weighted by molar-refractivity contribution is 9.11.